The van der Waals surface area contributed by atoms with Gasteiger partial charge >= 0.3 is 5.97 Å². The fourth-order valence-electron chi connectivity index (χ4n) is 3.01. The topological polar surface area (TPSA) is 40.5 Å². The van der Waals surface area contributed by atoms with Gasteiger partial charge in [0.15, 0.2) is 0 Å². The highest BCUT2D eigenvalue weighted by atomic mass is 16.4. The molecular formula is C16H21NO2. The number of hydrogen-bond acceptors (Lipinski definition) is 2. The average molecular weight is 259 g/mol. The molecule has 0 atom stereocenters. The molecule has 2 fully saturated rings. The third-order valence-electron chi connectivity index (χ3n) is 4.73. The predicted octanol–water partition coefficient (Wildman–Crippen LogP) is 3.04. The van der Waals surface area contributed by atoms with Crippen molar-refractivity contribution in [2.75, 3.05) is 18.0 Å². The zero-order valence-corrected chi connectivity index (χ0v) is 11.4. The Labute approximate surface area is 114 Å². The maximum absolute atomic E-state index is 11.3. The summed E-state index contributed by atoms with van der Waals surface area (Å²) in [6, 6.07) is 8.20. The van der Waals surface area contributed by atoms with Gasteiger partial charge in [-0.2, -0.15) is 0 Å². The second kappa shape index (κ2) is 4.55. The van der Waals surface area contributed by atoms with Crippen LogP contribution in [0.15, 0.2) is 24.3 Å². The van der Waals surface area contributed by atoms with Gasteiger partial charge in [0.1, 0.15) is 0 Å². The van der Waals surface area contributed by atoms with E-state index in [1.165, 1.54) is 18.5 Å². The lowest BCUT2D eigenvalue weighted by molar-refractivity contribution is -0.140. The molecule has 1 saturated heterocycles. The van der Waals surface area contributed by atoms with Crippen molar-refractivity contribution in [1.82, 2.24) is 0 Å². The van der Waals surface area contributed by atoms with Crippen molar-refractivity contribution in [2.24, 2.45) is 5.92 Å². The van der Waals surface area contributed by atoms with E-state index in [4.69, 9.17) is 0 Å². The molecule has 2 aliphatic rings. The van der Waals surface area contributed by atoms with Crippen molar-refractivity contribution in [3.63, 3.8) is 0 Å². The maximum Gasteiger partial charge on any atom is 0.314 e. The van der Waals surface area contributed by atoms with E-state index in [-0.39, 0.29) is 0 Å². The Hall–Kier alpha value is -1.51. The van der Waals surface area contributed by atoms with Gasteiger partial charge in [-0.1, -0.05) is 19.1 Å². The molecule has 0 amide bonds. The van der Waals surface area contributed by atoms with E-state index < -0.39 is 11.4 Å². The highest BCUT2D eigenvalue weighted by Gasteiger charge is 2.51. The first-order chi connectivity index (χ1) is 9.12. The number of carboxylic acids is 1. The Kier molecular flexibility index (Phi) is 3.00. The molecule has 0 unspecified atom stereocenters. The minimum atomic E-state index is -0.674. The van der Waals surface area contributed by atoms with Crippen LogP contribution in [0.5, 0.6) is 0 Å². The van der Waals surface area contributed by atoms with E-state index in [1.807, 2.05) is 12.1 Å². The SMILES string of the molecule is CC1CCN(c2ccc(C3(C(=O)O)CC3)cc2)CC1. The molecule has 3 nitrogen and oxygen atoms in total. The van der Waals surface area contributed by atoms with E-state index in [2.05, 4.69) is 24.0 Å². The normalized spacial score (nSPS) is 22.3. The van der Waals surface area contributed by atoms with Gasteiger partial charge in [-0.05, 0) is 49.3 Å². The molecule has 1 saturated carbocycles. The Morgan fingerprint density at radius 1 is 1.21 bits per heavy atom. The van der Waals surface area contributed by atoms with Gasteiger partial charge in [-0.25, -0.2) is 0 Å². The Morgan fingerprint density at radius 3 is 2.26 bits per heavy atom. The minimum absolute atomic E-state index is 0.574. The smallest absolute Gasteiger partial charge is 0.314 e. The molecule has 1 heterocycles. The number of rotatable bonds is 3. The van der Waals surface area contributed by atoms with Crippen LogP contribution in [0.3, 0.4) is 0 Å². The zero-order valence-electron chi connectivity index (χ0n) is 11.4. The molecule has 1 aliphatic heterocycles. The van der Waals surface area contributed by atoms with E-state index in [0.29, 0.717) is 0 Å². The number of anilines is 1. The van der Waals surface area contributed by atoms with Gasteiger partial charge in [0.2, 0.25) is 0 Å². The summed E-state index contributed by atoms with van der Waals surface area (Å²) in [7, 11) is 0. The van der Waals surface area contributed by atoms with E-state index in [1.54, 1.807) is 0 Å². The highest BCUT2D eigenvalue weighted by Crippen LogP contribution is 2.48. The van der Waals surface area contributed by atoms with Gasteiger partial charge in [-0.15, -0.1) is 0 Å². The lowest BCUT2D eigenvalue weighted by atomic mass is 9.95. The second-order valence-electron chi connectivity index (χ2n) is 6.10. The van der Waals surface area contributed by atoms with Gasteiger partial charge in [0.05, 0.1) is 5.41 Å². The standard InChI is InChI=1S/C16H21NO2/c1-12-6-10-17(11-7-12)14-4-2-13(3-5-14)16(8-9-16)15(18)19/h2-5,12H,6-11H2,1H3,(H,18,19). The summed E-state index contributed by atoms with van der Waals surface area (Å²) < 4.78 is 0. The summed E-state index contributed by atoms with van der Waals surface area (Å²) in [6.45, 7) is 4.54. The Balaban J connectivity index is 1.74. The number of hydrogen-bond donors (Lipinski definition) is 1. The van der Waals surface area contributed by atoms with Gasteiger partial charge < -0.3 is 10.0 Å². The fourth-order valence-corrected chi connectivity index (χ4v) is 3.01. The Bertz CT molecular complexity index is 468. The average Bonchev–Trinajstić information content (AvgIpc) is 3.21. The molecule has 1 aromatic rings. The van der Waals surface area contributed by atoms with Crippen LogP contribution in [0.4, 0.5) is 5.69 Å². The molecule has 0 bridgehead atoms. The first-order valence-corrected chi connectivity index (χ1v) is 7.21. The van der Waals surface area contributed by atoms with Crippen molar-refractivity contribution in [3.8, 4) is 0 Å². The molecule has 102 valence electrons. The molecule has 0 radical (unpaired) electrons. The van der Waals surface area contributed by atoms with Crippen LogP contribution in [-0.2, 0) is 10.2 Å². The second-order valence-corrected chi connectivity index (χ2v) is 6.10. The summed E-state index contributed by atoms with van der Waals surface area (Å²) >= 11 is 0. The maximum atomic E-state index is 11.3. The monoisotopic (exact) mass is 259 g/mol. The highest BCUT2D eigenvalue weighted by molar-refractivity contribution is 5.85. The number of benzene rings is 1. The van der Waals surface area contributed by atoms with Gasteiger partial charge in [0, 0.05) is 18.8 Å². The molecule has 1 aromatic carbocycles. The van der Waals surface area contributed by atoms with Crippen molar-refractivity contribution >= 4 is 11.7 Å². The van der Waals surface area contributed by atoms with Crippen molar-refractivity contribution in [3.05, 3.63) is 29.8 Å². The minimum Gasteiger partial charge on any atom is -0.481 e. The molecule has 3 rings (SSSR count). The number of aliphatic carboxylic acids is 1. The third kappa shape index (κ3) is 2.22. The van der Waals surface area contributed by atoms with E-state index >= 15 is 0 Å². The quantitative estimate of drug-likeness (QED) is 0.907. The van der Waals surface area contributed by atoms with Crippen LogP contribution in [0.2, 0.25) is 0 Å². The summed E-state index contributed by atoms with van der Waals surface area (Å²) in [5.41, 5.74) is 1.63. The number of carbonyl (C=O) groups is 1. The molecule has 3 heteroatoms. The molecule has 1 aliphatic carbocycles. The predicted molar refractivity (Wildman–Crippen MR) is 75.6 cm³/mol. The van der Waals surface area contributed by atoms with Gasteiger partial charge in [-0.3, -0.25) is 4.79 Å². The van der Waals surface area contributed by atoms with E-state index in [9.17, 15) is 9.90 Å². The first kappa shape index (κ1) is 12.5. The van der Waals surface area contributed by atoms with Crippen molar-refractivity contribution in [1.29, 1.82) is 0 Å². The zero-order chi connectivity index (χ0) is 13.5. The Morgan fingerprint density at radius 2 is 1.79 bits per heavy atom. The number of nitrogens with zero attached hydrogens (tertiary/aromatic N) is 1. The lowest BCUT2D eigenvalue weighted by Gasteiger charge is -2.32. The van der Waals surface area contributed by atoms with Crippen LogP contribution in [0, 0.1) is 5.92 Å². The molecule has 0 spiro atoms. The van der Waals surface area contributed by atoms with Crippen molar-refractivity contribution in [2.45, 2.75) is 38.0 Å². The largest absolute Gasteiger partial charge is 0.481 e. The van der Waals surface area contributed by atoms with E-state index in [0.717, 1.165) is 37.4 Å². The number of carboxylic acid groups (broad SMARTS) is 1. The molecule has 0 aromatic heterocycles. The first-order valence-electron chi connectivity index (χ1n) is 7.21. The summed E-state index contributed by atoms with van der Waals surface area (Å²) in [5.74, 6) is 0.157. The van der Waals surface area contributed by atoms with Crippen LogP contribution in [0.25, 0.3) is 0 Å². The summed E-state index contributed by atoms with van der Waals surface area (Å²) in [5, 5.41) is 9.29. The fraction of sp³-hybridized carbons (Fsp3) is 0.562. The van der Waals surface area contributed by atoms with Gasteiger partial charge in [0.25, 0.3) is 0 Å². The molecular weight excluding hydrogens is 238 g/mol. The van der Waals surface area contributed by atoms with Crippen LogP contribution in [-0.4, -0.2) is 24.2 Å². The van der Waals surface area contributed by atoms with Crippen molar-refractivity contribution < 1.29 is 9.90 Å². The third-order valence-corrected chi connectivity index (χ3v) is 4.73. The summed E-state index contributed by atoms with van der Waals surface area (Å²) in [4.78, 5) is 13.7. The van der Waals surface area contributed by atoms with Crippen LogP contribution < -0.4 is 4.90 Å². The molecule has 1 N–H and O–H groups in total. The van der Waals surface area contributed by atoms with Crippen LogP contribution >= 0.6 is 0 Å². The lowest BCUT2D eigenvalue weighted by Crippen LogP contribution is -2.32. The summed E-state index contributed by atoms with van der Waals surface area (Å²) in [6.07, 6.45) is 4.06. The molecule has 19 heavy (non-hydrogen) atoms. The number of piperidine rings is 1. The van der Waals surface area contributed by atoms with Crippen LogP contribution in [0.1, 0.15) is 38.2 Å².